The molecule has 0 atom stereocenters. The summed E-state index contributed by atoms with van der Waals surface area (Å²) < 4.78 is 37.4. The Morgan fingerprint density at radius 3 is 2.26 bits per heavy atom. The number of anilines is 1. The number of nitrogens with one attached hydrogen (secondary N) is 1. The van der Waals surface area contributed by atoms with Crippen LogP contribution in [0.1, 0.15) is 24.8 Å². The zero-order valence-corrected chi connectivity index (χ0v) is 20.4. The van der Waals surface area contributed by atoms with E-state index in [1.807, 2.05) is 12.1 Å². The Bertz CT molecular complexity index is 1040. The van der Waals surface area contributed by atoms with Crippen LogP contribution in [-0.4, -0.2) is 71.2 Å². The molecule has 8 nitrogen and oxygen atoms in total. The first kappa shape index (κ1) is 24.5. The summed E-state index contributed by atoms with van der Waals surface area (Å²) in [5.41, 5.74) is 2.12. The minimum atomic E-state index is -3.49. The van der Waals surface area contributed by atoms with E-state index in [-0.39, 0.29) is 16.8 Å². The predicted octanol–water partition coefficient (Wildman–Crippen LogP) is 2.43. The van der Waals surface area contributed by atoms with Crippen molar-refractivity contribution in [2.75, 3.05) is 51.4 Å². The SMILES string of the molecule is COc1ccc(N2CCC(NC(=O)CCc3ccc(S(=O)(=O)N4CCOCC4)cc3)CC2)cc1. The maximum absolute atomic E-state index is 12.7. The van der Waals surface area contributed by atoms with Gasteiger partial charge in [0.2, 0.25) is 15.9 Å². The molecular weight excluding hydrogens is 454 g/mol. The Hall–Kier alpha value is -2.62. The topological polar surface area (TPSA) is 88.2 Å². The van der Waals surface area contributed by atoms with Crippen molar-refractivity contribution in [2.24, 2.45) is 0 Å². The second-order valence-corrected chi connectivity index (χ2v) is 10.6. The van der Waals surface area contributed by atoms with Crippen molar-refractivity contribution in [1.82, 2.24) is 9.62 Å². The standard InChI is InChI=1S/C25H33N3O5S/c1-32-23-7-5-22(6-8-23)27-14-12-21(13-15-27)26-25(29)11-4-20-2-9-24(10-3-20)34(30,31)28-16-18-33-19-17-28/h2-3,5-10,21H,4,11-19H2,1H3,(H,26,29). The summed E-state index contributed by atoms with van der Waals surface area (Å²) in [4.78, 5) is 15.1. The molecule has 2 fully saturated rings. The van der Waals surface area contributed by atoms with Crippen LogP contribution in [0.15, 0.2) is 53.4 Å². The molecule has 0 unspecified atom stereocenters. The molecular formula is C25H33N3O5S. The summed E-state index contributed by atoms with van der Waals surface area (Å²) in [5, 5.41) is 3.16. The maximum Gasteiger partial charge on any atom is 0.243 e. The number of carbonyl (C=O) groups excluding carboxylic acids is 1. The van der Waals surface area contributed by atoms with Crippen molar-refractivity contribution in [3.8, 4) is 5.75 Å². The summed E-state index contributed by atoms with van der Waals surface area (Å²) in [7, 11) is -1.83. The largest absolute Gasteiger partial charge is 0.497 e. The molecule has 34 heavy (non-hydrogen) atoms. The number of aryl methyl sites for hydroxylation is 1. The van der Waals surface area contributed by atoms with Crippen molar-refractivity contribution in [3.05, 3.63) is 54.1 Å². The molecule has 0 aliphatic carbocycles. The van der Waals surface area contributed by atoms with E-state index < -0.39 is 10.0 Å². The Morgan fingerprint density at radius 1 is 1.00 bits per heavy atom. The number of rotatable bonds is 8. The molecule has 1 N–H and O–H groups in total. The number of hydrogen-bond acceptors (Lipinski definition) is 6. The van der Waals surface area contributed by atoms with Crippen molar-refractivity contribution in [2.45, 2.75) is 36.6 Å². The molecule has 2 aliphatic rings. The van der Waals surface area contributed by atoms with Crippen LogP contribution in [0, 0.1) is 0 Å². The van der Waals surface area contributed by atoms with Crippen molar-refractivity contribution >= 4 is 21.6 Å². The number of piperidine rings is 1. The molecule has 4 rings (SSSR count). The molecule has 2 heterocycles. The van der Waals surface area contributed by atoms with Crippen molar-refractivity contribution < 1.29 is 22.7 Å². The number of amides is 1. The highest BCUT2D eigenvalue weighted by atomic mass is 32.2. The highest BCUT2D eigenvalue weighted by Gasteiger charge is 2.26. The van der Waals surface area contributed by atoms with Crippen LogP contribution >= 0.6 is 0 Å². The lowest BCUT2D eigenvalue weighted by Gasteiger charge is -2.34. The summed E-state index contributed by atoms with van der Waals surface area (Å²) >= 11 is 0. The number of nitrogens with zero attached hydrogens (tertiary/aromatic N) is 2. The van der Waals surface area contributed by atoms with Crippen LogP contribution in [0.4, 0.5) is 5.69 Å². The first-order chi connectivity index (χ1) is 16.5. The Labute approximate surface area is 201 Å². The Morgan fingerprint density at radius 2 is 1.65 bits per heavy atom. The number of methoxy groups -OCH3 is 1. The minimum Gasteiger partial charge on any atom is -0.497 e. The van der Waals surface area contributed by atoms with E-state index in [0.717, 1.165) is 37.2 Å². The second kappa shape index (κ2) is 11.2. The summed E-state index contributed by atoms with van der Waals surface area (Å²) in [5.74, 6) is 0.882. The van der Waals surface area contributed by atoms with E-state index in [1.165, 1.54) is 9.99 Å². The third-order valence-corrected chi connectivity index (χ3v) is 8.38. The van der Waals surface area contributed by atoms with Crippen LogP contribution in [0.5, 0.6) is 5.75 Å². The maximum atomic E-state index is 12.7. The number of hydrogen-bond donors (Lipinski definition) is 1. The van der Waals surface area contributed by atoms with Crippen LogP contribution in [0.25, 0.3) is 0 Å². The van der Waals surface area contributed by atoms with Gasteiger partial charge in [-0.2, -0.15) is 4.31 Å². The van der Waals surface area contributed by atoms with Gasteiger partial charge in [-0.3, -0.25) is 4.79 Å². The number of morpholine rings is 1. The molecule has 2 aromatic rings. The molecule has 0 aromatic heterocycles. The van der Waals surface area contributed by atoms with Crippen molar-refractivity contribution in [3.63, 3.8) is 0 Å². The van der Waals surface area contributed by atoms with Crippen LogP contribution in [0.2, 0.25) is 0 Å². The molecule has 0 spiro atoms. The first-order valence-corrected chi connectivity index (χ1v) is 13.2. The average molecular weight is 488 g/mol. The molecule has 9 heteroatoms. The molecule has 2 aromatic carbocycles. The van der Waals surface area contributed by atoms with E-state index in [2.05, 4.69) is 22.3 Å². The highest BCUT2D eigenvalue weighted by Crippen LogP contribution is 2.23. The number of sulfonamides is 1. The molecule has 1 amide bonds. The summed E-state index contributed by atoms with van der Waals surface area (Å²) in [6, 6.07) is 15.1. The number of carbonyl (C=O) groups is 1. The molecule has 2 saturated heterocycles. The van der Waals surface area contributed by atoms with Gasteiger partial charge in [0.15, 0.2) is 0 Å². The molecule has 184 valence electrons. The molecule has 2 aliphatic heterocycles. The Balaban J connectivity index is 1.21. The normalized spacial score (nSPS) is 18.0. The molecule has 0 bridgehead atoms. The van der Waals surface area contributed by atoms with Gasteiger partial charge >= 0.3 is 0 Å². The second-order valence-electron chi connectivity index (χ2n) is 8.69. The van der Waals surface area contributed by atoms with Gasteiger partial charge in [-0.15, -0.1) is 0 Å². The van der Waals surface area contributed by atoms with E-state index in [9.17, 15) is 13.2 Å². The Kier molecular flexibility index (Phi) is 8.07. The van der Waals surface area contributed by atoms with E-state index >= 15 is 0 Å². The minimum absolute atomic E-state index is 0.0351. The summed E-state index contributed by atoms with van der Waals surface area (Å²) in [6.45, 7) is 3.40. The third kappa shape index (κ3) is 6.08. The fourth-order valence-electron chi connectivity index (χ4n) is 4.40. The van der Waals surface area contributed by atoms with Gasteiger partial charge in [0.1, 0.15) is 5.75 Å². The van der Waals surface area contributed by atoms with Gasteiger partial charge in [-0.05, 0) is 61.2 Å². The van der Waals surface area contributed by atoms with Crippen LogP contribution in [0.3, 0.4) is 0 Å². The zero-order valence-electron chi connectivity index (χ0n) is 19.6. The van der Waals surface area contributed by atoms with Gasteiger partial charge < -0.3 is 19.7 Å². The highest BCUT2D eigenvalue weighted by molar-refractivity contribution is 7.89. The van der Waals surface area contributed by atoms with Gasteiger partial charge in [0.25, 0.3) is 0 Å². The lowest BCUT2D eigenvalue weighted by atomic mass is 10.0. The first-order valence-electron chi connectivity index (χ1n) is 11.8. The van der Waals surface area contributed by atoms with E-state index in [0.29, 0.717) is 39.1 Å². The number of benzene rings is 2. The van der Waals surface area contributed by atoms with Crippen LogP contribution in [-0.2, 0) is 26.0 Å². The fraction of sp³-hybridized carbons (Fsp3) is 0.480. The molecule has 0 radical (unpaired) electrons. The molecule has 0 saturated carbocycles. The average Bonchev–Trinajstić information content (AvgIpc) is 2.89. The predicted molar refractivity (Wildman–Crippen MR) is 131 cm³/mol. The van der Waals surface area contributed by atoms with Gasteiger partial charge in [0, 0.05) is 44.3 Å². The monoisotopic (exact) mass is 487 g/mol. The summed E-state index contributed by atoms with van der Waals surface area (Å²) in [6.07, 6.45) is 2.78. The number of ether oxygens (including phenoxy) is 2. The fourth-order valence-corrected chi connectivity index (χ4v) is 5.80. The van der Waals surface area contributed by atoms with E-state index in [1.54, 1.807) is 31.4 Å². The van der Waals surface area contributed by atoms with Gasteiger partial charge in [-0.1, -0.05) is 12.1 Å². The zero-order chi connectivity index (χ0) is 24.0. The van der Waals surface area contributed by atoms with Gasteiger partial charge in [0.05, 0.1) is 25.2 Å². The van der Waals surface area contributed by atoms with E-state index in [4.69, 9.17) is 9.47 Å². The van der Waals surface area contributed by atoms with Crippen LogP contribution < -0.4 is 15.0 Å². The van der Waals surface area contributed by atoms with Gasteiger partial charge in [-0.25, -0.2) is 8.42 Å². The quantitative estimate of drug-likeness (QED) is 0.615. The van der Waals surface area contributed by atoms with Crippen molar-refractivity contribution in [1.29, 1.82) is 0 Å². The third-order valence-electron chi connectivity index (χ3n) is 6.47. The smallest absolute Gasteiger partial charge is 0.243 e. The lowest BCUT2D eigenvalue weighted by molar-refractivity contribution is -0.121. The lowest BCUT2D eigenvalue weighted by Crippen LogP contribution is -2.44.